The molecule has 1 atom stereocenters. The van der Waals surface area contributed by atoms with Crippen LogP contribution in [-0.2, 0) is 20.0 Å². The van der Waals surface area contributed by atoms with Gasteiger partial charge in [-0.3, -0.25) is 0 Å². The molecule has 1 aliphatic rings. The first-order valence-electron chi connectivity index (χ1n) is 7.02. The molecule has 0 aliphatic carbocycles. The van der Waals surface area contributed by atoms with E-state index >= 15 is 0 Å². The summed E-state index contributed by atoms with van der Waals surface area (Å²) < 4.78 is 52.2. The van der Waals surface area contributed by atoms with Crippen molar-refractivity contribution >= 4 is 32.5 Å². The van der Waals surface area contributed by atoms with Crippen molar-refractivity contribution in [2.75, 3.05) is 27.2 Å². The zero-order chi connectivity index (χ0) is 16.4. The molecule has 1 unspecified atom stereocenters. The number of hydrogen-bond acceptors (Lipinski definition) is 5. The van der Waals surface area contributed by atoms with Gasteiger partial charge in [0.05, 0.1) is 9.79 Å². The first kappa shape index (κ1) is 20.3. The molecule has 10 heteroatoms. The highest BCUT2D eigenvalue weighted by Crippen LogP contribution is 2.22. The minimum Gasteiger partial charge on any atom is -0.316 e. The summed E-state index contributed by atoms with van der Waals surface area (Å²) in [5.74, 6) is 0. The fraction of sp³-hybridized carbons (Fsp3) is 0.538. The summed E-state index contributed by atoms with van der Waals surface area (Å²) >= 11 is 0. The van der Waals surface area contributed by atoms with Crippen molar-refractivity contribution in [3.05, 3.63) is 24.3 Å². The van der Waals surface area contributed by atoms with Gasteiger partial charge >= 0.3 is 0 Å². The topological polar surface area (TPSA) is 95.6 Å². The fourth-order valence-corrected chi connectivity index (χ4v) is 4.71. The van der Waals surface area contributed by atoms with Crippen LogP contribution >= 0.6 is 12.4 Å². The van der Waals surface area contributed by atoms with E-state index in [0.717, 1.165) is 12.8 Å². The summed E-state index contributed by atoms with van der Waals surface area (Å²) in [4.78, 5) is 0.153. The number of halogens is 1. The summed E-state index contributed by atoms with van der Waals surface area (Å²) in [6, 6.07) is 5.43. The molecule has 0 radical (unpaired) electrons. The van der Waals surface area contributed by atoms with Crippen LogP contribution in [0.1, 0.15) is 12.8 Å². The minimum atomic E-state index is -3.60. The molecule has 7 nitrogen and oxygen atoms in total. The molecule has 1 fully saturated rings. The van der Waals surface area contributed by atoms with Crippen LogP contribution in [0.15, 0.2) is 34.1 Å². The highest BCUT2D eigenvalue weighted by atomic mass is 35.5. The van der Waals surface area contributed by atoms with E-state index in [-0.39, 0.29) is 28.2 Å². The van der Waals surface area contributed by atoms with Gasteiger partial charge in [0.25, 0.3) is 0 Å². The smallest absolute Gasteiger partial charge is 0.243 e. The predicted molar refractivity (Wildman–Crippen MR) is 90.8 cm³/mol. The van der Waals surface area contributed by atoms with Gasteiger partial charge in [-0.25, -0.2) is 21.6 Å². The average Bonchev–Trinajstić information content (AvgIpc) is 2.55. The maximum atomic E-state index is 12.6. The highest BCUT2D eigenvalue weighted by molar-refractivity contribution is 7.89. The Morgan fingerprint density at radius 3 is 2.13 bits per heavy atom. The van der Waals surface area contributed by atoms with Crippen LogP contribution in [0.4, 0.5) is 0 Å². The van der Waals surface area contributed by atoms with Crippen LogP contribution in [0.3, 0.4) is 0 Å². The van der Waals surface area contributed by atoms with Crippen molar-refractivity contribution < 1.29 is 16.8 Å². The van der Waals surface area contributed by atoms with E-state index in [4.69, 9.17) is 0 Å². The van der Waals surface area contributed by atoms with Gasteiger partial charge in [-0.15, -0.1) is 12.4 Å². The largest absolute Gasteiger partial charge is 0.316 e. The predicted octanol–water partition coefficient (Wildman–Crippen LogP) is 0.389. The number of piperidine rings is 1. The Bertz CT molecular complexity index is 720. The molecule has 2 rings (SSSR count). The SMILES string of the molecule is CNC1CCCN(S(=O)(=O)c2ccc(S(=O)(=O)NC)cc2)C1.Cl. The molecule has 0 bridgehead atoms. The molecule has 0 saturated carbocycles. The van der Waals surface area contributed by atoms with Crippen LogP contribution in [0.25, 0.3) is 0 Å². The second-order valence-corrected chi connectivity index (χ2v) is 8.99. The van der Waals surface area contributed by atoms with Gasteiger partial charge in [0.2, 0.25) is 20.0 Å². The molecule has 23 heavy (non-hydrogen) atoms. The van der Waals surface area contributed by atoms with Gasteiger partial charge < -0.3 is 5.32 Å². The molecule has 0 aromatic heterocycles. The number of hydrogen-bond donors (Lipinski definition) is 2. The molecule has 0 amide bonds. The average molecular weight is 384 g/mol. The van der Waals surface area contributed by atoms with E-state index < -0.39 is 20.0 Å². The standard InChI is InChI=1S/C13H21N3O4S2.ClH/c1-14-11-4-3-9-16(10-11)22(19,20)13-7-5-12(6-8-13)21(17,18)15-2;/h5-8,11,14-15H,3-4,9-10H2,1-2H3;1H. The van der Waals surface area contributed by atoms with Gasteiger partial charge in [0.1, 0.15) is 0 Å². The van der Waals surface area contributed by atoms with Crippen molar-refractivity contribution in [2.45, 2.75) is 28.7 Å². The fourth-order valence-electron chi connectivity index (χ4n) is 2.45. The number of likely N-dealkylation sites (N-methyl/N-ethyl adjacent to an activating group) is 1. The normalized spacial score (nSPS) is 20.0. The van der Waals surface area contributed by atoms with Gasteiger partial charge in [0.15, 0.2) is 0 Å². The van der Waals surface area contributed by atoms with Gasteiger partial charge in [0, 0.05) is 19.1 Å². The van der Waals surface area contributed by atoms with Crippen LogP contribution in [-0.4, -0.2) is 54.4 Å². The van der Waals surface area contributed by atoms with Gasteiger partial charge in [-0.05, 0) is 51.2 Å². The second kappa shape index (κ2) is 7.91. The summed E-state index contributed by atoms with van der Waals surface area (Å²) in [6.07, 6.45) is 1.75. The number of nitrogens with one attached hydrogen (secondary N) is 2. The van der Waals surface area contributed by atoms with Crippen LogP contribution in [0, 0.1) is 0 Å². The lowest BCUT2D eigenvalue weighted by molar-refractivity contribution is 0.293. The number of benzene rings is 1. The monoisotopic (exact) mass is 383 g/mol. The molecular formula is C13H22ClN3O4S2. The molecule has 132 valence electrons. The first-order chi connectivity index (χ1) is 10.3. The van der Waals surface area contributed by atoms with Crippen LogP contribution in [0.2, 0.25) is 0 Å². The Hall–Kier alpha value is -0.710. The molecular weight excluding hydrogens is 362 g/mol. The van der Waals surface area contributed by atoms with Crippen LogP contribution < -0.4 is 10.0 Å². The Morgan fingerprint density at radius 1 is 1.04 bits per heavy atom. The maximum Gasteiger partial charge on any atom is 0.243 e. The van der Waals surface area contributed by atoms with E-state index in [0.29, 0.717) is 13.1 Å². The minimum absolute atomic E-state index is 0. The Labute approximate surface area is 144 Å². The molecule has 2 N–H and O–H groups in total. The van der Waals surface area contributed by atoms with E-state index in [2.05, 4.69) is 10.0 Å². The molecule has 1 saturated heterocycles. The molecule has 0 spiro atoms. The van der Waals surface area contributed by atoms with E-state index in [1.807, 2.05) is 7.05 Å². The van der Waals surface area contributed by atoms with Gasteiger partial charge in [-0.1, -0.05) is 0 Å². The summed E-state index contributed by atoms with van der Waals surface area (Å²) in [6.45, 7) is 0.909. The van der Waals surface area contributed by atoms with E-state index in [9.17, 15) is 16.8 Å². The van der Waals surface area contributed by atoms with Gasteiger partial charge in [-0.2, -0.15) is 4.31 Å². The number of nitrogens with zero attached hydrogens (tertiary/aromatic N) is 1. The maximum absolute atomic E-state index is 12.6. The van der Waals surface area contributed by atoms with Crippen molar-refractivity contribution in [1.29, 1.82) is 0 Å². The molecule has 1 aliphatic heterocycles. The molecule has 1 aromatic rings. The lowest BCUT2D eigenvalue weighted by Crippen LogP contribution is -2.46. The Balaban J connectivity index is 0.00000264. The Morgan fingerprint density at radius 2 is 1.61 bits per heavy atom. The number of rotatable bonds is 5. The lowest BCUT2D eigenvalue weighted by atomic mass is 10.1. The first-order valence-corrected chi connectivity index (χ1v) is 9.94. The third kappa shape index (κ3) is 4.43. The lowest BCUT2D eigenvalue weighted by Gasteiger charge is -2.31. The van der Waals surface area contributed by atoms with Crippen molar-refractivity contribution in [3.63, 3.8) is 0 Å². The van der Waals surface area contributed by atoms with Crippen molar-refractivity contribution in [3.8, 4) is 0 Å². The van der Waals surface area contributed by atoms with E-state index in [1.165, 1.54) is 35.6 Å². The quantitative estimate of drug-likeness (QED) is 0.766. The summed E-state index contributed by atoms with van der Waals surface area (Å²) in [7, 11) is -4.03. The third-order valence-corrected chi connectivity index (χ3v) is 7.14. The second-order valence-electron chi connectivity index (χ2n) is 5.17. The number of sulfonamides is 2. The zero-order valence-electron chi connectivity index (χ0n) is 13.0. The van der Waals surface area contributed by atoms with Crippen molar-refractivity contribution in [1.82, 2.24) is 14.3 Å². The Kier molecular flexibility index (Phi) is 6.99. The highest BCUT2D eigenvalue weighted by Gasteiger charge is 2.29. The van der Waals surface area contributed by atoms with Crippen molar-refractivity contribution in [2.24, 2.45) is 0 Å². The van der Waals surface area contributed by atoms with E-state index in [1.54, 1.807) is 0 Å². The summed E-state index contributed by atoms with van der Waals surface area (Å²) in [5, 5.41) is 3.10. The molecule has 1 heterocycles. The summed E-state index contributed by atoms with van der Waals surface area (Å²) in [5.41, 5.74) is 0. The van der Waals surface area contributed by atoms with Crippen LogP contribution in [0.5, 0.6) is 0 Å². The third-order valence-electron chi connectivity index (χ3n) is 3.83. The molecule has 1 aromatic carbocycles. The zero-order valence-corrected chi connectivity index (χ0v) is 15.5.